The predicted octanol–water partition coefficient (Wildman–Crippen LogP) is 1.88. The van der Waals surface area contributed by atoms with Crippen molar-refractivity contribution in [3.63, 3.8) is 0 Å². The predicted molar refractivity (Wildman–Crippen MR) is 72.7 cm³/mol. The van der Waals surface area contributed by atoms with Crippen molar-refractivity contribution in [2.45, 2.75) is 19.7 Å². The summed E-state index contributed by atoms with van der Waals surface area (Å²) in [5, 5.41) is 31.3. The van der Waals surface area contributed by atoms with Gasteiger partial charge >= 0.3 is 0 Å². The molecule has 0 heterocycles. The molecule has 2 aromatic rings. The molecule has 100 valence electrons. The first-order chi connectivity index (χ1) is 9.20. The van der Waals surface area contributed by atoms with Crippen molar-refractivity contribution in [3.8, 4) is 11.5 Å². The van der Waals surface area contributed by atoms with Gasteiger partial charge in [-0.3, -0.25) is 0 Å². The van der Waals surface area contributed by atoms with Gasteiger partial charge in [0.05, 0.1) is 6.61 Å². The Morgan fingerprint density at radius 2 is 1.63 bits per heavy atom. The highest BCUT2D eigenvalue weighted by molar-refractivity contribution is 5.44. The highest BCUT2D eigenvalue weighted by Crippen LogP contribution is 2.27. The third-order valence-electron chi connectivity index (χ3n) is 2.92. The van der Waals surface area contributed by atoms with Crippen LogP contribution in [0.1, 0.15) is 16.7 Å². The number of phenolic OH excluding ortho intramolecular Hbond substituents is 2. The van der Waals surface area contributed by atoms with Crippen molar-refractivity contribution in [2.75, 3.05) is 0 Å². The highest BCUT2D eigenvalue weighted by Gasteiger charge is 2.05. The van der Waals surface area contributed by atoms with Crippen molar-refractivity contribution in [1.29, 1.82) is 0 Å². The number of phenols is 2. The van der Waals surface area contributed by atoms with Crippen LogP contribution in [0.5, 0.6) is 11.5 Å². The molecule has 0 spiro atoms. The van der Waals surface area contributed by atoms with E-state index in [0.29, 0.717) is 18.7 Å². The lowest BCUT2D eigenvalue weighted by molar-refractivity contribution is 0.281. The van der Waals surface area contributed by atoms with E-state index >= 15 is 0 Å². The maximum atomic E-state index is 9.65. The molecule has 0 amide bonds. The largest absolute Gasteiger partial charge is 0.504 e. The van der Waals surface area contributed by atoms with Gasteiger partial charge in [-0.1, -0.05) is 36.4 Å². The van der Waals surface area contributed by atoms with E-state index in [1.54, 1.807) is 12.1 Å². The van der Waals surface area contributed by atoms with Crippen LogP contribution in [-0.4, -0.2) is 15.3 Å². The minimum absolute atomic E-state index is 0.0290. The van der Waals surface area contributed by atoms with E-state index in [1.165, 1.54) is 6.07 Å². The van der Waals surface area contributed by atoms with Crippen molar-refractivity contribution in [1.82, 2.24) is 5.32 Å². The maximum absolute atomic E-state index is 9.65. The molecule has 0 aliphatic heterocycles. The van der Waals surface area contributed by atoms with Gasteiger partial charge in [0.15, 0.2) is 11.5 Å². The molecule has 0 radical (unpaired) electrons. The molecule has 0 aromatic heterocycles. The van der Waals surface area contributed by atoms with Gasteiger partial charge in [0.1, 0.15) is 0 Å². The molecule has 0 saturated heterocycles. The Balaban J connectivity index is 1.94. The zero-order valence-corrected chi connectivity index (χ0v) is 10.5. The third kappa shape index (κ3) is 3.47. The lowest BCUT2D eigenvalue weighted by Crippen LogP contribution is -2.12. The van der Waals surface area contributed by atoms with E-state index in [1.807, 2.05) is 24.3 Å². The van der Waals surface area contributed by atoms with E-state index in [9.17, 15) is 10.2 Å². The van der Waals surface area contributed by atoms with E-state index in [-0.39, 0.29) is 18.1 Å². The van der Waals surface area contributed by atoms with Crippen molar-refractivity contribution in [2.24, 2.45) is 0 Å². The third-order valence-corrected chi connectivity index (χ3v) is 2.92. The highest BCUT2D eigenvalue weighted by atomic mass is 16.3. The van der Waals surface area contributed by atoms with Crippen LogP contribution in [0.2, 0.25) is 0 Å². The Labute approximate surface area is 112 Å². The summed E-state index contributed by atoms with van der Waals surface area (Å²) in [5.41, 5.74) is 2.59. The van der Waals surface area contributed by atoms with Crippen LogP contribution < -0.4 is 5.32 Å². The molecule has 0 bridgehead atoms. The van der Waals surface area contributed by atoms with E-state index < -0.39 is 0 Å². The van der Waals surface area contributed by atoms with Crippen LogP contribution >= 0.6 is 0 Å². The van der Waals surface area contributed by atoms with Gasteiger partial charge in [0, 0.05) is 18.7 Å². The van der Waals surface area contributed by atoms with Crippen LogP contribution in [0.4, 0.5) is 0 Å². The van der Waals surface area contributed by atoms with E-state index in [0.717, 1.165) is 11.1 Å². The van der Waals surface area contributed by atoms with E-state index in [2.05, 4.69) is 5.32 Å². The van der Waals surface area contributed by atoms with Gasteiger partial charge in [-0.2, -0.15) is 0 Å². The molecule has 0 aliphatic carbocycles. The Bertz CT molecular complexity index is 555. The quantitative estimate of drug-likeness (QED) is 0.619. The second-order valence-corrected chi connectivity index (χ2v) is 4.37. The average molecular weight is 259 g/mol. The number of aliphatic hydroxyl groups is 1. The molecule has 4 nitrogen and oxygen atoms in total. The number of para-hydroxylation sites is 1. The fourth-order valence-corrected chi connectivity index (χ4v) is 1.90. The summed E-state index contributed by atoms with van der Waals surface area (Å²) >= 11 is 0. The van der Waals surface area contributed by atoms with Crippen molar-refractivity contribution < 1.29 is 15.3 Å². The SMILES string of the molecule is OCc1cccc(CNCc2cccc(O)c2O)c1. The summed E-state index contributed by atoms with van der Waals surface area (Å²) in [4.78, 5) is 0. The van der Waals surface area contributed by atoms with Gasteiger partial charge in [-0.15, -0.1) is 0 Å². The Hall–Kier alpha value is -2.04. The fraction of sp³-hybridized carbons (Fsp3) is 0.200. The average Bonchev–Trinajstić information content (AvgIpc) is 2.44. The molecule has 2 aromatic carbocycles. The standard InChI is InChI=1S/C15H17NO3/c17-10-12-4-1-3-11(7-12)8-16-9-13-5-2-6-14(18)15(13)19/h1-7,16-19H,8-10H2. The van der Waals surface area contributed by atoms with E-state index in [4.69, 9.17) is 5.11 Å². The number of hydrogen-bond acceptors (Lipinski definition) is 4. The first-order valence-electron chi connectivity index (χ1n) is 6.10. The number of benzene rings is 2. The van der Waals surface area contributed by atoms with Gasteiger partial charge in [-0.25, -0.2) is 0 Å². The maximum Gasteiger partial charge on any atom is 0.161 e. The van der Waals surface area contributed by atoms with Gasteiger partial charge in [0.25, 0.3) is 0 Å². The summed E-state index contributed by atoms with van der Waals surface area (Å²) in [6.07, 6.45) is 0. The molecule has 0 saturated carbocycles. The van der Waals surface area contributed by atoms with Crippen molar-refractivity contribution >= 4 is 0 Å². The van der Waals surface area contributed by atoms with Crippen LogP contribution in [0.3, 0.4) is 0 Å². The minimum Gasteiger partial charge on any atom is -0.504 e. The number of hydrogen-bond donors (Lipinski definition) is 4. The smallest absolute Gasteiger partial charge is 0.161 e. The normalized spacial score (nSPS) is 10.6. The first kappa shape index (κ1) is 13.4. The second-order valence-electron chi connectivity index (χ2n) is 4.37. The first-order valence-corrected chi connectivity index (χ1v) is 6.10. The molecule has 0 fully saturated rings. The summed E-state index contributed by atoms with van der Waals surface area (Å²) in [5.74, 6) is -0.194. The Morgan fingerprint density at radius 3 is 2.42 bits per heavy atom. The second kappa shape index (κ2) is 6.22. The molecule has 0 unspecified atom stereocenters. The fourth-order valence-electron chi connectivity index (χ4n) is 1.90. The zero-order valence-electron chi connectivity index (χ0n) is 10.5. The number of aromatic hydroxyl groups is 2. The monoisotopic (exact) mass is 259 g/mol. The molecule has 2 rings (SSSR count). The molecule has 0 atom stereocenters. The van der Waals surface area contributed by atoms with Crippen molar-refractivity contribution in [3.05, 3.63) is 59.2 Å². The van der Waals surface area contributed by atoms with Gasteiger partial charge < -0.3 is 20.6 Å². The molecule has 0 aliphatic rings. The lowest BCUT2D eigenvalue weighted by atomic mass is 10.1. The lowest BCUT2D eigenvalue weighted by Gasteiger charge is -2.08. The molecular weight excluding hydrogens is 242 g/mol. The van der Waals surface area contributed by atoms with Crippen LogP contribution in [0.15, 0.2) is 42.5 Å². The van der Waals surface area contributed by atoms with Gasteiger partial charge in [-0.05, 0) is 17.2 Å². The summed E-state index contributed by atoms with van der Waals surface area (Å²) in [6, 6.07) is 12.6. The summed E-state index contributed by atoms with van der Waals surface area (Å²) in [6.45, 7) is 1.12. The molecule has 4 N–H and O–H groups in total. The molecular formula is C15H17NO3. The molecule has 4 heteroatoms. The Morgan fingerprint density at radius 1 is 0.895 bits per heavy atom. The topological polar surface area (TPSA) is 72.7 Å². The number of nitrogens with one attached hydrogen (secondary N) is 1. The zero-order chi connectivity index (χ0) is 13.7. The number of aliphatic hydroxyl groups excluding tert-OH is 1. The number of rotatable bonds is 5. The Kier molecular flexibility index (Phi) is 4.39. The van der Waals surface area contributed by atoms with Crippen LogP contribution in [-0.2, 0) is 19.7 Å². The van der Waals surface area contributed by atoms with Crippen LogP contribution in [0, 0.1) is 0 Å². The van der Waals surface area contributed by atoms with Gasteiger partial charge in [0.2, 0.25) is 0 Å². The molecule has 19 heavy (non-hydrogen) atoms. The summed E-state index contributed by atoms with van der Waals surface area (Å²) in [7, 11) is 0. The minimum atomic E-state index is -0.110. The summed E-state index contributed by atoms with van der Waals surface area (Å²) < 4.78 is 0. The van der Waals surface area contributed by atoms with Crippen LogP contribution in [0.25, 0.3) is 0 Å².